The average Bonchev–Trinajstić information content (AvgIpc) is 2.96. The van der Waals surface area contributed by atoms with Gasteiger partial charge >= 0.3 is 0 Å². The molecule has 1 aromatic rings. The second-order valence-electron chi connectivity index (χ2n) is 5.61. The molecule has 0 spiro atoms. The maximum absolute atomic E-state index is 11.9. The van der Waals surface area contributed by atoms with Crippen molar-refractivity contribution in [1.82, 2.24) is 5.32 Å². The van der Waals surface area contributed by atoms with Crippen LogP contribution in [0.25, 0.3) is 0 Å². The second-order valence-corrected chi connectivity index (χ2v) is 6.88. The van der Waals surface area contributed by atoms with Crippen LogP contribution in [-0.2, 0) is 0 Å². The van der Waals surface area contributed by atoms with E-state index < -0.39 is 0 Å². The third-order valence-electron chi connectivity index (χ3n) is 4.20. The van der Waals surface area contributed by atoms with Gasteiger partial charge in [-0.1, -0.05) is 12.8 Å². The highest BCUT2D eigenvalue weighted by molar-refractivity contribution is 8.00. The molecule has 0 aromatic heterocycles. The van der Waals surface area contributed by atoms with Crippen LogP contribution in [-0.4, -0.2) is 30.0 Å². The van der Waals surface area contributed by atoms with E-state index in [-0.39, 0.29) is 5.91 Å². The van der Waals surface area contributed by atoms with Gasteiger partial charge in [-0.25, -0.2) is 0 Å². The summed E-state index contributed by atoms with van der Waals surface area (Å²) in [5, 5.41) is 6.27. The molecular weight excluding hydrogens is 282 g/mol. The number of thioether (sulfide) groups is 1. The first kappa shape index (κ1) is 16.0. The molecule has 0 heterocycles. The molecular formula is C16H25N3OS. The van der Waals surface area contributed by atoms with Gasteiger partial charge in [0.15, 0.2) is 0 Å². The number of anilines is 2. The highest BCUT2D eigenvalue weighted by Crippen LogP contribution is 2.40. The third kappa shape index (κ3) is 3.84. The first-order valence-corrected chi connectivity index (χ1v) is 8.79. The van der Waals surface area contributed by atoms with E-state index in [2.05, 4.69) is 16.9 Å². The molecule has 1 aliphatic carbocycles. The average molecular weight is 307 g/mol. The number of nitrogen functional groups attached to an aromatic ring is 1. The molecule has 0 aliphatic heterocycles. The van der Waals surface area contributed by atoms with Crippen molar-refractivity contribution in [3.63, 3.8) is 0 Å². The summed E-state index contributed by atoms with van der Waals surface area (Å²) in [6.45, 7) is 3.44. The third-order valence-corrected chi connectivity index (χ3v) is 5.62. The van der Waals surface area contributed by atoms with Crippen molar-refractivity contribution in [3.8, 4) is 0 Å². The number of amides is 1. The van der Waals surface area contributed by atoms with Crippen molar-refractivity contribution in [2.75, 3.05) is 30.4 Å². The van der Waals surface area contributed by atoms with Crippen molar-refractivity contribution >= 4 is 29.0 Å². The Balaban J connectivity index is 2.08. The molecule has 0 unspecified atom stereocenters. The van der Waals surface area contributed by atoms with E-state index in [4.69, 9.17) is 5.73 Å². The molecule has 4 N–H and O–H groups in total. The Labute approximate surface area is 131 Å². The van der Waals surface area contributed by atoms with Gasteiger partial charge in [0.25, 0.3) is 5.91 Å². The normalized spacial score (nSPS) is 16.7. The van der Waals surface area contributed by atoms with Crippen LogP contribution < -0.4 is 16.4 Å². The van der Waals surface area contributed by atoms with Gasteiger partial charge in [-0.3, -0.25) is 4.79 Å². The van der Waals surface area contributed by atoms with Crippen LogP contribution in [0.15, 0.2) is 18.2 Å². The van der Waals surface area contributed by atoms with Crippen molar-refractivity contribution in [2.45, 2.75) is 37.4 Å². The fourth-order valence-electron chi connectivity index (χ4n) is 2.84. The largest absolute Gasteiger partial charge is 0.397 e. The van der Waals surface area contributed by atoms with Crippen LogP contribution in [0.2, 0.25) is 0 Å². The summed E-state index contributed by atoms with van der Waals surface area (Å²) in [7, 11) is 0. The Hall–Kier alpha value is -1.36. The molecule has 1 fully saturated rings. The molecule has 5 heteroatoms. The number of hydrogen-bond donors (Lipinski definition) is 3. The standard InChI is InChI=1S/C16H25N3OS/c1-3-18-15(20)12-6-7-13(17)14(10-12)19-11-16(21-2)8-4-5-9-16/h6-7,10,19H,3-5,8-9,11,17H2,1-2H3,(H,18,20). The molecule has 21 heavy (non-hydrogen) atoms. The molecule has 0 radical (unpaired) electrons. The highest BCUT2D eigenvalue weighted by atomic mass is 32.2. The summed E-state index contributed by atoms with van der Waals surface area (Å²) in [5.74, 6) is -0.0546. The van der Waals surface area contributed by atoms with Crippen LogP contribution in [0.5, 0.6) is 0 Å². The van der Waals surface area contributed by atoms with Crippen LogP contribution in [0.4, 0.5) is 11.4 Å². The van der Waals surface area contributed by atoms with E-state index in [0.717, 1.165) is 12.2 Å². The lowest BCUT2D eigenvalue weighted by atomic mass is 10.1. The van der Waals surface area contributed by atoms with E-state index in [1.807, 2.05) is 24.8 Å². The van der Waals surface area contributed by atoms with E-state index in [9.17, 15) is 4.79 Å². The van der Waals surface area contributed by atoms with Crippen LogP contribution in [0.1, 0.15) is 43.0 Å². The molecule has 1 aliphatic rings. The molecule has 0 atom stereocenters. The number of rotatable bonds is 6. The monoisotopic (exact) mass is 307 g/mol. The number of carbonyl (C=O) groups is 1. The zero-order valence-corrected chi connectivity index (χ0v) is 13.7. The predicted molar refractivity (Wildman–Crippen MR) is 92.1 cm³/mol. The van der Waals surface area contributed by atoms with Crippen molar-refractivity contribution in [2.24, 2.45) is 0 Å². The minimum atomic E-state index is -0.0546. The minimum Gasteiger partial charge on any atom is -0.397 e. The summed E-state index contributed by atoms with van der Waals surface area (Å²) in [5.41, 5.74) is 8.24. The first-order chi connectivity index (χ1) is 10.1. The number of benzene rings is 1. The number of carbonyl (C=O) groups excluding carboxylic acids is 1. The molecule has 1 amide bonds. The van der Waals surface area contributed by atoms with E-state index in [1.165, 1.54) is 25.7 Å². The Morgan fingerprint density at radius 3 is 2.71 bits per heavy atom. The van der Waals surface area contributed by atoms with Crippen LogP contribution in [0.3, 0.4) is 0 Å². The SMILES string of the molecule is CCNC(=O)c1ccc(N)c(NCC2(SC)CCCC2)c1. The van der Waals surface area contributed by atoms with Crippen LogP contribution >= 0.6 is 11.8 Å². The van der Waals surface area contributed by atoms with E-state index in [0.29, 0.717) is 22.5 Å². The number of nitrogens with one attached hydrogen (secondary N) is 2. The summed E-state index contributed by atoms with van der Waals surface area (Å²) in [4.78, 5) is 11.9. The molecule has 1 aromatic carbocycles. The van der Waals surface area contributed by atoms with Gasteiger partial charge in [-0.2, -0.15) is 11.8 Å². The second kappa shape index (κ2) is 7.07. The fourth-order valence-corrected chi connectivity index (χ4v) is 3.76. The van der Waals surface area contributed by atoms with Gasteiger partial charge in [-0.05, 0) is 44.2 Å². The van der Waals surface area contributed by atoms with Crippen molar-refractivity contribution < 1.29 is 4.79 Å². The first-order valence-electron chi connectivity index (χ1n) is 7.57. The number of hydrogen-bond acceptors (Lipinski definition) is 4. The van der Waals surface area contributed by atoms with Crippen molar-refractivity contribution in [1.29, 1.82) is 0 Å². The zero-order valence-electron chi connectivity index (χ0n) is 12.9. The Bertz CT molecular complexity index is 498. The van der Waals surface area contributed by atoms with Gasteiger partial charge < -0.3 is 16.4 Å². The molecule has 0 saturated heterocycles. The molecule has 2 rings (SSSR count). The van der Waals surface area contributed by atoms with Crippen LogP contribution in [0, 0.1) is 0 Å². The highest BCUT2D eigenvalue weighted by Gasteiger charge is 2.32. The van der Waals surface area contributed by atoms with Gasteiger partial charge in [-0.15, -0.1) is 0 Å². The Morgan fingerprint density at radius 1 is 1.38 bits per heavy atom. The molecule has 116 valence electrons. The van der Waals surface area contributed by atoms with E-state index in [1.54, 1.807) is 12.1 Å². The summed E-state index contributed by atoms with van der Waals surface area (Å²) in [6.07, 6.45) is 7.28. The topological polar surface area (TPSA) is 67.2 Å². The van der Waals surface area contributed by atoms with E-state index >= 15 is 0 Å². The summed E-state index contributed by atoms with van der Waals surface area (Å²) >= 11 is 1.94. The zero-order chi connectivity index (χ0) is 15.3. The lowest BCUT2D eigenvalue weighted by Crippen LogP contribution is -2.30. The summed E-state index contributed by atoms with van der Waals surface area (Å²) < 4.78 is 0.314. The molecule has 1 saturated carbocycles. The predicted octanol–water partition coefficient (Wildman–Crippen LogP) is 3.11. The molecule has 4 nitrogen and oxygen atoms in total. The van der Waals surface area contributed by atoms with Gasteiger partial charge in [0.1, 0.15) is 0 Å². The summed E-state index contributed by atoms with van der Waals surface area (Å²) in [6, 6.07) is 5.42. The van der Waals surface area contributed by atoms with Gasteiger partial charge in [0, 0.05) is 23.4 Å². The Kier molecular flexibility index (Phi) is 5.39. The fraction of sp³-hybridized carbons (Fsp3) is 0.562. The molecule has 0 bridgehead atoms. The maximum Gasteiger partial charge on any atom is 0.251 e. The minimum absolute atomic E-state index is 0.0546. The quantitative estimate of drug-likeness (QED) is 0.707. The van der Waals surface area contributed by atoms with Gasteiger partial charge in [0.2, 0.25) is 0 Å². The number of nitrogens with two attached hydrogens (primary N) is 1. The smallest absolute Gasteiger partial charge is 0.251 e. The maximum atomic E-state index is 11.9. The Morgan fingerprint density at radius 2 is 2.10 bits per heavy atom. The van der Waals surface area contributed by atoms with Gasteiger partial charge in [0.05, 0.1) is 11.4 Å². The lowest BCUT2D eigenvalue weighted by Gasteiger charge is -2.28. The lowest BCUT2D eigenvalue weighted by molar-refractivity contribution is 0.0956. The van der Waals surface area contributed by atoms with Crippen molar-refractivity contribution in [3.05, 3.63) is 23.8 Å².